The molecule has 0 amide bonds. The predicted molar refractivity (Wildman–Crippen MR) is 45.0 cm³/mol. The van der Waals surface area contributed by atoms with Gasteiger partial charge in [-0.15, -0.1) is 11.8 Å². The Bertz CT molecular complexity index is 170. The van der Waals surface area contributed by atoms with Gasteiger partial charge < -0.3 is 4.57 Å². The van der Waals surface area contributed by atoms with E-state index in [1.165, 1.54) is 0 Å². The number of aromatic nitrogens is 2. The predicted octanol–water partition coefficient (Wildman–Crippen LogP) is 1.98. The number of imidazole rings is 1. The maximum atomic E-state index is 3.95. The molecule has 0 bridgehead atoms. The molecule has 0 atom stereocenters. The smallest absolute Gasteiger partial charge is 0.0953 e. The number of thioether (sulfide) groups is 1. The van der Waals surface area contributed by atoms with Crippen molar-refractivity contribution in [2.24, 2.45) is 0 Å². The number of nitrogens with zero attached hydrogens (tertiary/aromatic N) is 2. The average Bonchev–Trinajstić information content (AvgIpc) is 2.34. The van der Waals surface area contributed by atoms with E-state index in [1.807, 2.05) is 24.3 Å². The summed E-state index contributed by atoms with van der Waals surface area (Å²) in [6, 6.07) is 0. The molecule has 0 radical (unpaired) electrons. The van der Waals surface area contributed by atoms with Crippen LogP contribution in [0.15, 0.2) is 18.7 Å². The fourth-order valence-corrected chi connectivity index (χ4v) is 1.22. The molecule has 56 valence electrons. The van der Waals surface area contributed by atoms with Gasteiger partial charge in [-0.2, -0.15) is 0 Å². The van der Waals surface area contributed by atoms with Crippen LogP contribution in [-0.4, -0.2) is 14.8 Å². The standard InChI is InChI=1S/C7H12N2S/c1-7(2)10-6-9-4-3-8-5-9/h3-5,7H,6H2,1-2H3. The Labute approximate surface area is 65.7 Å². The van der Waals surface area contributed by atoms with Crippen molar-refractivity contribution in [2.75, 3.05) is 0 Å². The molecular formula is C7H12N2S. The lowest BCUT2D eigenvalue weighted by molar-refractivity contribution is 0.882. The van der Waals surface area contributed by atoms with Crippen LogP contribution in [0, 0.1) is 0 Å². The zero-order valence-corrected chi connectivity index (χ0v) is 7.14. The Morgan fingerprint density at radius 3 is 2.90 bits per heavy atom. The van der Waals surface area contributed by atoms with E-state index in [1.54, 1.807) is 6.20 Å². The minimum atomic E-state index is 0.697. The molecule has 0 aliphatic heterocycles. The summed E-state index contributed by atoms with van der Waals surface area (Å²) in [5, 5.41) is 0.697. The maximum absolute atomic E-state index is 3.95. The quantitative estimate of drug-likeness (QED) is 0.666. The molecule has 0 unspecified atom stereocenters. The van der Waals surface area contributed by atoms with Gasteiger partial charge in [0.1, 0.15) is 0 Å². The fraction of sp³-hybridized carbons (Fsp3) is 0.571. The highest BCUT2D eigenvalue weighted by atomic mass is 32.2. The zero-order chi connectivity index (χ0) is 7.40. The summed E-state index contributed by atoms with van der Waals surface area (Å²) in [5.41, 5.74) is 0. The molecule has 0 aliphatic rings. The van der Waals surface area contributed by atoms with Crippen molar-refractivity contribution in [2.45, 2.75) is 25.0 Å². The SMILES string of the molecule is CC(C)SCn1ccnc1. The van der Waals surface area contributed by atoms with Crippen LogP contribution in [0.5, 0.6) is 0 Å². The maximum Gasteiger partial charge on any atom is 0.0953 e. The second-order valence-electron chi connectivity index (χ2n) is 2.42. The van der Waals surface area contributed by atoms with Crippen LogP contribution in [0.2, 0.25) is 0 Å². The van der Waals surface area contributed by atoms with Crippen molar-refractivity contribution in [3.8, 4) is 0 Å². The van der Waals surface area contributed by atoms with Crippen molar-refractivity contribution in [3.05, 3.63) is 18.7 Å². The highest BCUT2D eigenvalue weighted by Crippen LogP contribution is 2.10. The highest BCUT2D eigenvalue weighted by molar-refractivity contribution is 7.98. The Morgan fingerprint density at radius 1 is 1.60 bits per heavy atom. The van der Waals surface area contributed by atoms with Crippen LogP contribution < -0.4 is 0 Å². The summed E-state index contributed by atoms with van der Waals surface area (Å²) in [7, 11) is 0. The van der Waals surface area contributed by atoms with Gasteiger partial charge in [-0.05, 0) is 0 Å². The summed E-state index contributed by atoms with van der Waals surface area (Å²) in [5.74, 6) is 1.01. The fourth-order valence-electron chi connectivity index (χ4n) is 0.598. The summed E-state index contributed by atoms with van der Waals surface area (Å²) < 4.78 is 2.07. The first kappa shape index (κ1) is 7.66. The highest BCUT2D eigenvalue weighted by Gasteiger charge is 1.93. The van der Waals surface area contributed by atoms with Gasteiger partial charge in [0.2, 0.25) is 0 Å². The van der Waals surface area contributed by atoms with Crippen molar-refractivity contribution in [3.63, 3.8) is 0 Å². The van der Waals surface area contributed by atoms with E-state index in [-0.39, 0.29) is 0 Å². The monoisotopic (exact) mass is 156 g/mol. The largest absolute Gasteiger partial charge is 0.328 e. The molecular weight excluding hydrogens is 144 g/mol. The molecule has 10 heavy (non-hydrogen) atoms. The van der Waals surface area contributed by atoms with E-state index >= 15 is 0 Å². The van der Waals surface area contributed by atoms with Gasteiger partial charge in [0.15, 0.2) is 0 Å². The van der Waals surface area contributed by atoms with Crippen molar-refractivity contribution >= 4 is 11.8 Å². The molecule has 0 fully saturated rings. The first-order valence-electron chi connectivity index (χ1n) is 3.36. The normalized spacial score (nSPS) is 10.7. The van der Waals surface area contributed by atoms with Crippen LogP contribution in [0.4, 0.5) is 0 Å². The Balaban J connectivity index is 2.28. The number of rotatable bonds is 3. The third-order valence-corrected chi connectivity index (χ3v) is 2.23. The zero-order valence-electron chi connectivity index (χ0n) is 6.32. The lowest BCUT2D eigenvalue weighted by atomic mass is 10.6. The van der Waals surface area contributed by atoms with Crippen molar-refractivity contribution < 1.29 is 0 Å². The third-order valence-electron chi connectivity index (χ3n) is 1.12. The van der Waals surface area contributed by atoms with Gasteiger partial charge >= 0.3 is 0 Å². The summed E-state index contributed by atoms with van der Waals surface area (Å²) in [6.45, 7) is 4.39. The third kappa shape index (κ3) is 2.43. The molecule has 0 spiro atoms. The minimum Gasteiger partial charge on any atom is -0.328 e. The van der Waals surface area contributed by atoms with Crippen molar-refractivity contribution in [1.82, 2.24) is 9.55 Å². The molecule has 0 saturated carbocycles. The summed E-state index contributed by atoms with van der Waals surface area (Å²) in [6.07, 6.45) is 5.63. The molecule has 1 aromatic heterocycles. The lowest BCUT2D eigenvalue weighted by Gasteiger charge is -2.03. The average molecular weight is 156 g/mol. The molecule has 3 heteroatoms. The summed E-state index contributed by atoms with van der Waals surface area (Å²) in [4.78, 5) is 3.95. The molecule has 0 aromatic carbocycles. The lowest BCUT2D eigenvalue weighted by Crippen LogP contribution is -1.94. The second-order valence-corrected chi connectivity index (χ2v) is 3.96. The van der Waals surface area contributed by atoms with Gasteiger partial charge in [0.25, 0.3) is 0 Å². The van der Waals surface area contributed by atoms with Gasteiger partial charge in [-0.25, -0.2) is 4.98 Å². The second kappa shape index (κ2) is 3.66. The van der Waals surface area contributed by atoms with E-state index in [4.69, 9.17) is 0 Å². The molecule has 1 rings (SSSR count). The van der Waals surface area contributed by atoms with E-state index in [0.29, 0.717) is 5.25 Å². The number of hydrogen-bond acceptors (Lipinski definition) is 2. The molecule has 0 saturated heterocycles. The van der Waals surface area contributed by atoms with E-state index < -0.39 is 0 Å². The van der Waals surface area contributed by atoms with E-state index in [2.05, 4.69) is 23.4 Å². The Kier molecular flexibility index (Phi) is 2.81. The van der Waals surface area contributed by atoms with Gasteiger partial charge in [0, 0.05) is 17.6 Å². The van der Waals surface area contributed by atoms with Crippen LogP contribution in [-0.2, 0) is 5.88 Å². The molecule has 1 aromatic rings. The molecule has 1 heterocycles. The van der Waals surface area contributed by atoms with Crippen LogP contribution in [0.3, 0.4) is 0 Å². The van der Waals surface area contributed by atoms with Crippen LogP contribution >= 0.6 is 11.8 Å². The van der Waals surface area contributed by atoms with Crippen molar-refractivity contribution in [1.29, 1.82) is 0 Å². The van der Waals surface area contributed by atoms with E-state index in [0.717, 1.165) is 5.88 Å². The Hall–Kier alpha value is -0.440. The first-order chi connectivity index (χ1) is 4.79. The van der Waals surface area contributed by atoms with Gasteiger partial charge in [-0.1, -0.05) is 13.8 Å². The molecule has 0 aliphatic carbocycles. The summed E-state index contributed by atoms with van der Waals surface area (Å²) >= 11 is 1.91. The Morgan fingerprint density at radius 2 is 2.40 bits per heavy atom. The minimum absolute atomic E-state index is 0.697. The van der Waals surface area contributed by atoms with E-state index in [9.17, 15) is 0 Å². The molecule has 2 nitrogen and oxygen atoms in total. The van der Waals surface area contributed by atoms with Crippen LogP contribution in [0.1, 0.15) is 13.8 Å². The first-order valence-corrected chi connectivity index (χ1v) is 4.41. The topological polar surface area (TPSA) is 17.8 Å². The number of hydrogen-bond donors (Lipinski definition) is 0. The van der Waals surface area contributed by atoms with Gasteiger partial charge in [-0.3, -0.25) is 0 Å². The molecule has 0 N–H and O–H groups in total. The van der Waals surface area contributed by atoms with Gasteiger partial charge in [0.05, 0.1) is 12.2 Å². The van der Waals surface area contributed by atoms with Crippen LogP contribution in [0.25, 0.3) is 0 Å².